The van der Waals surface area contributed by atoms with Crippen LogP contribution in [0.2, 0.25) is 0 Å². The van der Waals surface area contributed by atoms with E-state index in [0.717, 1.165) is 38.8 Å². The largest absolute Gasteiger partial charge is 0.486 e. The van der Waals surface area contributed by atoms with E-state index in [1.807, 2.05) is 41.3 Å². The number of piperidine rings is 1. The molecule has 0 N–H and O–H groups in total. The Morgan fingerprint density at radius 1 is 0.906 bits per heavy atom. The Kier molecular flexibility index (Phi) is 6.12. The van der Waals surface area contributed by atoms with E-state index < -0.39 is 0 Å². The van der Waals surface area contributed by atoms with E-state index in [-0.39, 0.29) is 17.6 Å². The lowest BCUT2D eigenvalue weighted by Gasteiger charge is -2.33. The predicted molar refractivity (Wildman–Crippen MR) is 121 cm³/mol. The number of ether oxygens (including phenoxy) is 2. The summed E-state index contributed by atoms with van der Waals surface area (Å²) in [6.45, 7) is 3.73. The highest BCUT2D eigenvalue weighted by Gasteiger charge is 2.34. The van der Waals surface area contributed by atoms with Crippen LogP contribution in [0.3, 0.4) is 0 Å². The summed E-state index contributed by atoms with van der Waals surface area (Å²) >= 11 is 0. The van der Waals surface area contributed by atoms with Gasteiger partial charge in [-0.1, -0.05) is 30.3 Å². The first-order valence-corrected chi connectivity index (χ1v) is 11.7. The number of hydrogen-bond donors (Lipinski definition) is 0. The van der Waals surface area contributed by atoms with Crippen molar-refractivity contribution in [1.82, 2.24) is 9.80 Å². The highest BCUT2D eigenvalue weighted by Crippen LogP contribution is 2.33. The number of fused-ring (bicyclic) bond motifs is 1. The SMILES string of the molecule is O=C(c1ccc2c(c1)OCCO2)C1CCN(CC(=O)N(Cc2ccccc2)C2CC2)CC1. The lowest BCUT2D eigenvalue weighted by molar-refractivity contribution is -0.134. The minimum atomic E-state index is -0.00670. The molecule has 2 aromatic rings. The predicted octanol–water partition coefficient (Wildman–Crippen LogP) is 3.54. The summed E-state index contributed by atoms with van der Waals surface area (Å²) in [7, 11) is 0. The van der Waals surface area contributed by atoms with Gasteiger partial charge in [-0.05, 0) is 62.5 Å². The van der Waals surface area contributed by atoms with Crippen molar-refractivity contribution in [3.05, 3.63) is 59.7 Å². The molecular formula is C26H30N2O4. The zero-order valence-corrected chi connectivity index (χ0v) is 18.4. The van der Waals surface area contributed by atoms with Crippen LogP contribution in [0.15, 0.2) is 48.5 Å². The van der Waals surface area contributed by atoms with Crippen LogP contribution in [0, 0.1) is 5.92 Å². The molecule has 168 valence electrons. The number of amides is 1. The normalized spacial score (nSPS) is 18.9. The maximum Gasteiger partial charge on any atom is 0.237 e. The summed E-state index contributed by atoms with van der Waals surface area (Å²) in [5, 5.41) is 0. The van der Waals surface area contributed by atoms with Crippen LogP contribution in [-0.2, 0) is 11.3 Å². The molecule has 1 saturated heterocycles. The zero-order chi connectivity index (χ0) is 21.9. The number of carbonyl (C=O) groups is 2. The van der Waals surface area contributed by atoms with E-state index in [4.69, 9.17) is 9.47 Å². The summed E-state index contributed by atoms with van der Waals surface area (Å²) in [6, 6.07) is 16.1. The molecule has 6 heteroatoms. The number of benzene rings is 2. The maximum atomic E-state index is 13.1. The van der Waals surface area contributed by atoms with Crippen LogP contribution < -0.4 is 9.47 Å². The van der Waals surface area contributed by atoms with E-state index in [1.54, 1.807) is 0 Å². The molecule has 2 aromatic carbocycles. The van der Waals surface area contributed by atoms with Gasteiger partial charge in [0.15, 0.2) is 17.3 Å². The highest BCUT2D eigenvalue weighted by atomic mass is 16.6. The summed E-state index contributed by atoms with van der Waals surface area (Å²) in [6.07, 6.45) is 3.76. The molecule has 1 saturated carbocycles. The molecule has 0 aromatic heterocycles. The van der Waals surface area contributed by atoms with E-state index in [1.165, 1.54) is 5.56 Å². The third-order valence-corrected chi connectivity index (χ3v) is 6.65. The summed E-state index contributed by atoms with van der Waals surface area (Å²) < 4.78 is 11.2. The van der Waals surface area contributed by atoms with Crippen molar-refractivity contribution in [3.8, 4) is 11.5 Å². The van der Waals surface area contributed by atoms with Crippen LogP contribution in [0.25, 0.3) is 0 Å². The molecule has 6 nitrogen and oxygen atoms in total. The van der Waals surface area contributed by atoms with Crippen LogP contribution in [0.5, 0.6) is 11.5 Å². The minimum Gasteiger partial charge on any atom is -0.486 e. The van der Waals surface area contributed by atoms with Gasteiger partial charge in [-0.2, -0.15) is 0 Å². The molecule has 3 aliphatic rings. The van der Waals surface area contributed by atoms with Gasteiger partial charge in [-0.15, -0.1) is 0 Å². The van der Waals surface area contributed by atoms with Gasteiger partial charge >= 0.3 is 0 Å². The lowest BCUT2D eigenvalue weighted by atomic mass is 9.88. The molecule has 5 rings (SSSR count). The fraction of sp³-hybridized carbons (Fsp3) is 0.462. The lowest BCUT2D eigenvalue weighted by Crippen LogP contribution is -2.44. The molecule has 2 heterocycles. The van der Waals surface area contributed by atoms with Gasteiger partial charge in [-0.3, -0.25) is 14.5 Å². The molecule has 2 fully saturated rings. The molecule has 1 aliphatic carbocycles. The third-order valence-electron chi connectivity index (χ3n) is 6.65. The topological polar surface area (TPSA) is 59.1 Å². The van der Waals surface area contributed by atoms with Gasteiger partial charge in [0.25, 0.3) is 0 Å². The third kappa shape index (κ3) is 4.80. The molecule has 0 bridgehead atoms. The molecule has 32 heavy (non-hydrogen) atoms. The van der Waals surface area contributed by atoms with Gasteiger partial charge in [0.2, 0.25) is 5.91 Å². The Morgan fingerprint density at radius 2 is 1.62 bits per heavy atom. The Balaban J connectivity index is 1.15. The maximum absolute atomic E-state index is 13.1. The van der Waals surface area contributed by atoms with Crippen LogP contribution in [0.1, 0.15) is 41.6 Å². The number of likely N-dealkylation sites (tertiary alicyclic amines) is 1. The Labute approximate surface area is 189 Å². The van der Waals surface area contributed by atoms with Gasteiger partial charge in [0.05, 0.1) is 6.54 Å². The van der Waals surface area contributed by atoms with Crippen molar-refractivity contribution in [1.29, 1.82) is 0 Å². The van der Waals surface area contributed by atoms with Crippen LogP contribution in [0.4, 0.5) is 0 Å². The first-order valence-electron chi connectivity index (χ1n) is 11.7. The molecule has 0 spiro atoms. The van der Waals surface area contributed by atoms with Crippen molar-refractivity contribution in [2.45, 2.75) is 38.3 Å². The van der Waals surface area contributed by atoms with E-state index >= 15 is 0 Å². The fourth-order valence-electron chi connectivity index (χ4n) is 4.65. The fourth-order valence-corrected chi connectivity index (χ4v) is 4.65. The van der Waals surface area contributed by atoms with Gasteiger partial charge in [0, 0.05) is 24.1 Å². The molecule has 0 atom stereocenters. The first kappa shape index (κ1) is 21.0. The smallest absolute Gasteiger partial charge is 0.237 e. The van der Waals surface area contributed by atoms with E-state index in [2.05, 4.69) is 17.0 Å². The van der Waals surface area contributed by atoms with Gasteiger partial charge in [-0.25, -0.2) is 0 Å². The number of hydrogen-bond acceptors (Lipinski definition) is 5. The van der Waals surface area contributed by atoms with Crippen molar-refractivity contribution in [2.24, 2.45) is 5.92 Å². The van der Waals surface area contributed by atoms with Gasteiger partial charge < -0.3 is 14.4 Å². The standard InChI is InChI=1S/C26H30N2O4/c29-25(28(22-7-8-22)17-19-4-2-1-3-5-19)18-27-12-10-20(11-13-27)26(30)21-6-9-23-24(16-21)32-15-14-31-23/h1-6,9,16,20,22H,7-8,10-15,17-18H2. The zero-order valence-electron chi connectivity index (χ0n) is 18.4. The van der Waals surface area contributed by atoms with E-state index in [0.29, 0.717) is 49.4 Å². The molecule has 0 unspecified atom stereocenters. The Morgan fingerprint density at radius 3 is 2.34 bits per heavy atom. The van der Waals surface area contributed by atoms with Crippen molar-refractivity contribution in [3.63, 3.8) is 0 Å². The average Bonchev–Trinajstić information content (AvgIpc) is 3.68. The van der Waals surface area contributed by atoms with Crippen molar-refractivity contribution >= 4 is 11.7 Å². The monoisotopic (exact) mass is 434 g/mol. The van der Waals surface area contributed by atoms with Crippen molar-refractivity contribution in [2.75, 3.05) is 32.8 Å². The molecule has 2 aliphatic heterocycles. The summed E-state index contributed by atoms with van der Waals surface area (Å²) in [5.41, 5.74) is 1.86. The van der Waals surface area contributed by atoms with Crippen LogP contribution >= 0.6 is 0 Å². The second-order valence-electron chi connectivity index (χ2n) is 9.01. The van der Waals surface area contributed by atoms with Gasteiger partial charge in [0.1, 0.15) is 13.2 Å². The minimum absolute atomic E-state index is 0.00670. The second-order valence-corrected chi connectivity index (χ2v) is 9.01. The average molecular weight is 435 g/mol. The van der Waals surface area contributed by atoms with Crippen LogP contribution in [-0.4, -0.2) is 60.4 Å². The number of nitrogens with zero attached hydrogens (tertiary/aromatic N) is 2. The number of rotatable bonds is 7. The molecular weight excluding hydrogens is 404 g/mol. The molecule has 0 radical (unpaired) electrons. The second kappa shape index (κ2) is 9.33. The number of Topliss-reactive ketones (excluding diaryl/α,β-unsaturated/α-hetero) is 1. The summed E-state index contributed by atoms with van der Waals surface area (Å²) in [4.78, 5) is 30.3. The first-order chi connectivity index (χ1) is 15.7. The quantitative estimate of drug-likeness (QED) is 0.624. The van der Waals surface area contributed by atoms with Crippen molar-refractivity contribution < 1.29 is 19.1 Å². The number of carbonyl (C=O) groups excluding carboxylic acids is 2. The number of ketones is 1. The Hall–Kier alpha value is -2.86. The Bertz CT molecular complexity index is 965. The highest BCUT2D eigenvalue weighted by molar-refractivity contribution is 5.98. The summed E-state index contributed by atoms with van der Waals surface area (Å²) in [5.74, 6) is 1.72. The van der Waals surface area contributed by atoms with E-state index in [9.17, 15) is 9.59 Å². The molecule has 1 amide bonds.